The highest BCUT2D eigenvalue weighted by Crippen LogP contribution is 2.29. The number of benzene rings is 2. The summed E-state index contributed by atoms with van der Waals surface area (Å²) in [6, 6.07) is 15.6. The zero-order valence-electron chi connectivity index (χ0n) is 17.1. The maximum Gasteiger partial charge on any atom is 0.254 e. The summed E-state index contributed by atoms with van der Waals surface area (Å²) in [5.41, 5.74) is 2.74. The summed E-state index contributed by atoms with van der Waals surface area (Å²) in [6.07, 6.45) is 0. The average Bonchev–Trinajstić information content (AvgIpc) is 3.18. The lowest BCUT2D eigenvalue weighted by Gasteiger charge is -2.26. The molecule has 0 radical (unpaired) electrons. The van der Waals surface area contributed by atoms with Crippen LogP contribution in [0.2, 0.25) is 0 Å². The van der Waals surface area contributed by atoms with Gasteiger partial charge in [0.25, 0.3) is 5.91 Å². The van der Waals surface area contributed by atoms with Crippen molar-refractivity contribution >= 4 is 17.7 Å². The van der Waals surface area contributed by atoms with Crippen LogP contribution in [-0.2, 0) is 10.5 Å². The van der Waals surface area contributed by atoms with Crippen LogP contribution in [-0.4, -0.2) is 59.0 Å². The molecule has 0 N–H and O–H groups in total. The van der Waals surface area contributed by atoms with Crippen molar-refractivity contribution in [1.82, 2.24) is 19.7 Å². The molecule has 0 atom stereocenters. The first-order valence-corrected chi connectivity index (χ1v) is 10.8. The topological polar surface area (TPSA) is 69.5 Å². The van der Waals surface area contributed by atoms with Crippen LogP contribution in [0.25, 0.3) is 5.69 Å². The van der Waals surface area contributed by atoms with Gasteiger partial charge in [-0.3, -0.25) is 9.36 Å². The molecule has 2 heterocycles. The third-order valence-electron chi connectivity index (χ3n) is 4.99. The molecule has 2 aromatic carbocycles. The molecule has 1 fully saturated rings. The predicted octanol–water partition coefficient (Wildman–Crippen LogP) is 3.35. The second kappa shape index (κ2) is 9.32. The van der Waals surface area contributed by atoms with E-state index in [4.69, 9.17) is 9.47 Å². The number of carbonyl (C=O) groups excluding carboxylic acids is 1. The van der Waals surface area contributed by atoms with Gasteiger partial charge in [-0.2, -0.15) is 0 Å². The summed E-state index contributed by atoms with van der Waals surface area (Å²) >= 11 is 1.60. The van der Waals surface area contributed by atoms with E-state index < -0.39 is 0 Å². The number of aryl methyl sites for hydroxylation is 1. The van der Waals surface area contributed by atoms with E-state index in [2.05, 4.69) is 10.2 Å². The quantitative estimate of drug-likeness (QED) is 0.565. The van der Waals surface area contributed by atoms with Gasteiger partial charge in [-0.25, -0.2) is 0 Å². The van der Waals surface area contributed by atoms with Gasteiger partial charge in [0, 0.05) is 24.4 Å². The van der Waals surface area contributed by atoms with Gasteiger partial charge in [-0.05, 0) is 36.8 Å². The Bertz CT molecular complexity index is 1010. The molecule has 7 nitrogen and oxygen atoms in total. The Hall–Kier alpha value is -2.84. The van der Waals surface area contributed by atoms with E-state index in [1.807, 2.05) is 64.9 Å². The van der Waals surface area contributed by atoms with Gasteiger partial charge in [0.15, 0.2) is 5.16 Å². The number of rotatable bonds is 6. The van der Waals surface area contributed by atoms with Gasteiger partial charge in [0.1, 0.15) is 11.6 Å². The lowest BCUT2D eigenvalue weighted by Crippen LogP contribution is -2.40. The maximum atomic E-state index is 12.6. The number of methoxy groups -OCH3 is 1. The number of amides is 1. The van der Waals surface area contributed by atoms with Gasteiger partial charge < -0.3 is 14.4 Å². The fourth-order valence-corrected chi connectivity index (χ4v) is 4.32. The highest BCUT2D eigenvalue weighted by molar-refractivity contribution is 7.98. The molecule has 1 aromatic heterocycles. The van der Waals surface area contributed by atoms with Gasteiger partial charge in [-0.15, -0.1) is 10.2 Å². The van der Waals surface area contributed by atoms with Crippen LogP contribution >= 0.6 is 11.8 Å². The highest BCUT2D eigenvalue weighted by Gasteiger charge is 2.19. The molecule has 0 unspecified atom stereocenters. The molecule has 0 spiro atoms. The number of aromatic nitrogens is 3. The third-order valence-corrected chi connectivity index (χ3v) is 5.99. The van der Waals surface area contributed by atoms with Crippen molar-refractivity contribution in [3.05, 3.63) is 65.5 Å². The molecule has 3 aromatic rings. The summed E-state index contributed by atoms with van der Waals surface area (Å²) in [5, 5.41) is 9.38. The Kier molecular flexibility index (Phi) is 6.35. The molecule has 0 aliphatic carbocycles. The first-order chi connectivity index (χ1) is 14.7. The first kappa shape index (κ1) is 20.4. The fourth-order valence-electron chi connectivity index (χ4n) is 3.37. The summed E-state index contributed by atoms with van der Waals surface area (Å²) < 4.78 is 12.8. The molecule has 0 bridgehead atoms. The lowest BCUT2D eigenvalue weighted by atomic mass is 10.1. The Morgan fingerprint density at radius 3 is 2.57 bits per heavy atom. The predicted molar refractivity (Wildman–Crippen MR) is 115 cm³/mol. The molecule has 1 aliphatic rings. The monoisotopic (exact) mass is 424 g/mol. The van der Waals surface area contributed by atoms with Crippen LogP contribution in [0.5, 0.6) is 5.75 Å². The maximum absolute atomic E-state index is 12.6. The zero-order chi connectivity index (χ0) is 20.9. The largest absolute Gasteiger partial charge is 0.495 e. The number of hydrogen-bond acceptors (Lipinski definition) is 6. The number of morpholine rings is 1. The van der Waals surface area contributed by atoms with Crippen LogP contribution in [0.4, 0.5) is 0 Å². The number of hydrogen-bond donors (Lipinski definition) is 0. The van der Waals surface area contributed by atoms with Crippen molar-refractivity contribution in [2.75, 3.05) is 33.4 Å². The van der Waals surface area contributed by atoms with Gasteiger partial charge in [0.2, 0.25) is 0 Å². The van der Waals surface area contributed by atoms with Crippen molar-refractivity contribution in [2.45, 2.75) is 17.8 Å². The Morgan fingerprint density at radius 1 is 1.10 bits per heavy atom. The van der Waals surface area contributed by atoms with Crippen LogP contribution in [0, 0.1) is 6.92 Å². The highest BCUT2D eigenvalue weighted by atomic mass is 32.2. The number of ether oxygens (including phenoxy) is 2. The van der Waals surface area contributed by atoms with Gasteiger partial charge >= 0.3 is 0 Å². The van der Waals surface area contributed by atoms with E-state index in [9.17, 15) is 4.79 Å². The Morgan fingerprint density at radius 2 is 1.83 bits per heavy atom. The van der Waals surface area contributed by atoms with Crippen LogP contribution in [0.3, 0.4) is 0 Å². The SMILES string of the molecule is COc1ccccc1-n1c(C)nnc1SCc1ccc(C(=O)N2CCOCC2)cc1. The third kappa shape index (κ3) is 4.34. The van der Waals surface area contributed by atoms with Crippen LogP contribution in [0.1, 0.15) is 21.7 Å². The lowest BCUT2D eigenvalue weighted by molar-refractivity contribution is 0.0303. The molecule has 156 valence electrons. The molecular weight excluding hydrogens is 400 g/mol. The zero-order valence-corrected chi connectivity index (χ0v) is 17.9. The summed E-state index contributed by atoms with van der Waals surface area (Å²) in [6.45, 7) is 4.43. The minimum absolute atomic E-state index is 0.0593. The molecule has 8 heteroatoms. The standard InChI is InChI=1S/C22H24N4O3S/c1-16-23-24-22(26(16)19-5-3-4-6-20(19)28-2)30-15-17-7-9-18(10-8-17)21(27)25-11-13-29-14-12-25/h3-10H,11-15H2,1-2H3. The summed E-state index contributed by atoms with van der Waals surface area (Å²) in [4.78, 5) is 14.4. The second-order valence-corrected chi connectivity index (χ2v) is 7.87. The minimum atomic E-state index is 0.0593. The molecule has 1 aliphatic heterocycles. The smallest absolute Gasteiger partial charge is 0.254 e. The van der Waals surface area contributed by atoms with E-state index in [0.717, 1.165) is 33.7 Å². The molecule has 0 saturated carbocycles. The second-order valence-electron chi connectivity index (χ2n) is 6.93. The normalized spacial score (nSPS) is 14.0. The minimum Gasteiger partial charge on any atom is -0.495 e. The van der Waals surface area contributed by atoms with Crippen molar-refractivity contribution in [2.24, 2.45) is 0 Å². The molecule has 4 rings (SSSR count). The van der Waals surface area contributed by atoms with Crippen molar-refractivity contribution in [3.8, 4) is 11.4 Å². The average molecular weight is 425 g/mol. The Balaban J connectivity index is 1.46. The van der Waals surface area contributed by atoms with E-state index in [1.54, 1.807) is 18.9 Å². The van der Waals surface area contributed by atoms with Crippen molar-refractivity contribution < 1.29 is 14.3 Å². The first-order valence-electron chi connectivity index (χ1n) is 9.81. The molecule has 30 heavy (non-hydrogen) atoms. The molecular formula is C22H24N4O3S. The summed E-state index contributed by atoms with van der Waals surface area (Å²) in [5.74, 6) is 2.35. The van der Waals surface area contributed by atoms with E-state index in [1.165, 1.54) is 0 Å². The number of thioether (sulfide) groups is 1. The molecule has 1 amide bonds. The number of nitrogens with zero attached hydrogens (tertiary/aromatic N) is 4. The van der Waals surface area contributed by atoms with E-state index >= 15 is 0 Å². The van der Waals surface area contributed by atoms with Gasteiger partial charge in [-0.1, -0.05) is 36.0 Å². The van der Waals surface area contributed by atoms with E-state index in [0.29, 0.717) is 31.9 Å². The number of carbonyl (C=O) groups is 1. The van der Waals surface area contributed by atoms with Crippen molar-refractivity contribution in [3.63, 3.8) is 0 Å². The Labute approximate surface area is 180 Å². The molecule has 1 saturated heterocycles. The summed E-state index contributed by atoms with van der Waals surface area (Å²) in [7, 11) is 1.66. The van der Waals surface area contributed by atoms with Gasteiger partial charge in [0.05, 0.1) is 26.0 Å². The van der Waals surface area contributed by atoms with Crippen LogP contribution in [0.15, 0.2) is 53.7 Å². The number of para-hydroxylation sites is 2. The van der Waals surface area contributed by atoms with Crippen molar-refractivity contribution in [1.29, 1.82) is 0 Å². The van der Waals surface area contributed by atoms with E-state index in [-0.39, 0.29) is 5.91 Å². The van der Waals surface area contributed by atoms with Crippen LogP contribution < -0.4 is 4.74 Å². The fraction of sp³-hybridized carbons (Fsp3) is 0.318.